The molecule has 0 unspecified atom stereocenters. The molecule has 2 aromatic rings. The molecule has 0 saturated carbocycles. The average molecular weight is 244 g/mol. The van der Waals surface area contributed by atoms with Gasteiger partial charge >= 0.3 is 0 Å². The molecule has 2 N–H and O–H groups in total. The third-order valence-electron chi connectivity index (χ3n) is 3.31. The first-order valence-electron chi connectivity index (χ1n) is 6.25. The lowest BCUT2D eigenvalue weighted by Gasteiger charge is -2.24. The van der Waals surface area contributed by atoms with Gasteiger partial charge in [0.05, 0.1) is 0 Å². The molecule has 0 bridgehead atoms. The molecule has 0 amide bonds. The maximum absolute atomic E-state index is 9.58. The number of rotatable bonds is 2. The molecule has 2 heterocycles. The van der Waals surface area contributed by atoms with Gasteiger partial charge in [-0.2, -0.15) is 0 Å². The number of ether oxygens (including phenoxy) is 1. The normalized spacial score (nSPS) is 16.9. The number of phenols is 1. The quantitative estimate of drug-likeness (QED) is 0.852. The van der Waals surface area contributed by atoms with Gasteiger partial charge in [-0.05, 0) is 36.4 Å². The van der Waals surface area contributed by atoms with Crippen LogP contribution < -0.4 is 5.32 Å². The standard InChI is InChI=1S/C14H16N2O2/c17-12-2-1-10-3-6-15-14(13(10)9-12)16-11-4-7-18-8-5-11/h1-3,6,9,11,17H,4-5,7-8H2,(H,15,16). The molecule has 1 fully saturated rings. The summed E-state index contributed by atoms with van der Waals surface area (Å²) in [6.45, 7) is 1.60. The fourth-order valence-corrected chi connectivity index (χ4v) is 2.31. The van der Waals surface area contributed by atoms with Crippen molar-refractivity contribution in [1.29, 1.82) is 0 Å². The zero-order valence-electron chi connectivity index (χ0n) is 10.1. The molecule has 0 spiro atoms. The van der Waals surface area contributed by atoms with Crippen LogP contribution in [0.25, 0.3) is 10.8 Å². The molecule has 4 nitrogen and oxygen atoms in total. The third-order valence-corrected chi connectivity index (χ3v) is 3.31. The van der Waals surface area contributed by atoms with Crippen LogP contribution in [0.5, 0.6) is 5.75 Å². The highest BCUT2D eigenvalue weighted by atomic mass is 16.5. The molecule has 0 radical (unpaired) electrons. The minimum atomic E-state index is 0.269. The number of benzene rings is 1. The van der Waals surface area contributed by atoms with Crippen LogP contribution in [-0.2, 0) is 4.74 Å². The number of nitrogens with zero attached hydrogens (tertiary/aromatic N) is 1. The van der Waals surface area contributed by atoms with E-state index in [0.717, 1.165) is 42.6 Å². The van der Waals surface area contributed by atoms with Crippen molar-refractivity contribution in [3.63, 3.8) is 0 Å². The first-order chi connectivity index (χ1) is 8.83. The Bertz CT molecular complexity index is 550. The van der Waals surface area contributed by atoms with E-state index in [1.807, 2.05) is 12.1 Å². The topological polar surface area (TPSA) is 54.4 Å². The highest BCUT2D eigenvalue weighted by molar-refractivity contribution is 5.92. The van der Waals surface area contributed by atoms with Crippen molar-refractivity contribution in [2.24, 2.45) is 0 Å². The van der Waals surface area contributed by atoms with Crippen LogP contribution in [0.1, 0.15) is 12.8 Å². The van der Waals surface area contributed by atoms with Gasteiger partial charge in [0.1, 0.15) is 11.6 Å². The highest BCUT2D eigenvalue weighted by Crippen LogP contribution is 2.26. The monoisotopic (exact) mass is 244 g/mol. The molecule has 18 heavy (non-hydrogen) atoms. The highest BCUT2D eigenvalue weighted by Gasteiger charge is 2.15. The summed E-state index contributed by atoms with van der Waals surface area (Å²) in [6.07, 6.45) is 3.79. The van der Waals surface area contributed by atoms with Crippen LogP contribution in [-0.4, -0.2) is 29.3 Å². The second kappa shape index (κ2) is 4.82. The van der Waals surface area contributed by atoms with E-state index in [-0.39, 0.29) is 5.75 Å². The van der Waals surface area contributed by atoms with Crippen LogP contribution in [0.2, 0.25) is 0 Å². The molecule has 4 heteroatoms. The zero-order chi connectivity index (χ0) is 12.4. The molecule has 1 aliphatic heterocycles. The lowest BCUT2D eigenvalue weighted by atomic mass is 10.1. The first-order valence-corrected chi connectivity index (χ1v) is 6.25. The molecule has 1 saturated heterocycles. The fraction of sp³-hybridized carbons (Fsp3) is 0.357. The molecule has 0 aliphatic carbocycles. The van der Waals surface area contributed by atoms with Crippen LogP contribution in [0.4, 0.5) is 5.82 Å². The molecule has 94 valence electrons. The smallest absolute Gasteiger partial charge is 0.134 e. The molecular formula is C14H16N2O2. The minimum absolute atomic E-state index is 0.269. The summed E-state index contributed by atoms with van der Waals surface area (Å²) in [5, 5.41) is 15.1. The van der Waals surface area contributed by atoms with E-state index in [2.05, 4.69) is 10.3 Å². The van der Waals surface area contributed by atoms with E-state index >= 15 is 0 Å². The Balaban J connectivity index is 1.92. The van der Waals surface area contributed by atoms with E-state index in [1.54, 1.807) is 18.3 Å². The summed E-state index contributed by atoms with van der Waals surface area (Å²) in [4.78, 5) is 4.38. The molecule has 1 aliphatic rings. The number of aromatic hydroxyl groups is 1. The summed E-state index contributed by atoms with van der Waals surface area (Å²) in [5.41, 5.74) is 0. The van der Waals surface area contributed by atoms with Crippen LogP contribution in [0, 0.1) is 0 Å². The van der Waals surface area contributed by atoms with Crippen LogP contribution >= 0.6 is 0 Å². The zero-order valence-corrected chi connectivity index (χ0v) is 10.1. The first kappa shape index (κ1) is 11.3. The Morgan fingerprint density at radius 1 is 1.22 bits per heavy atom. The molecular weight excluding hydrogens is 228 g/mol. The summed E-state index contributed by atoms with van der Waals surface area (Å²) >= 11 is 0. The maximum Gasteiger partial charge on any atom is 0.134 e. The van der Waals surface area contributed by atoms with Gasteiger partial charge < -0.3 is 15.2 Å². The van der Waals surface area contributed by atoms with E-state index in [0.29, 0.717) is 6.04 Å². The predicted octanol–water partition coefficient (Wildman–Crippen LogP) is 2.53. The van der Waals surface area contributed by atoms with Crippen molar-refractivity contribution in [1.82, 2.24) is 4.98 Å². The Hall–Kier alpha value is -1.81. The van der Waals surface area contributed by atoms with Crippen LogP contribution in [0.3, 0.4) is 0 Å². The Labute approximate surface area is 106 Å². The van der Waals surface area contributed by atoms with Crippen molar-refractivity contribution in [2.75, 3.05) is 18.5 Å². The lowest BCUT2D eigenvalue weighted by molar-refractivity contribution is 0.0904. The molecule has 1 aromatic heterocycles. The van der Waals surface area contributed by atoms with Gasteiger partial charge in [-0.25, -0.2) is 4.98 Å². The number of hydrogen-bond donors (Lipinski definition) is 2. The summed E-state index contributed by atoms with van der Waals surface area (Å²) in [7, 11) is 0. The number of phenolic OH excluding ortho intramolecular Hbond substituents is 1. The minimum Gasteiger partial charge on any atom is -0.508 e. The fourth-order valence-electron chi connectivity index (χ4n) is 2.31. The van der Waals surface area contributed by atoms with Gasteiger partial charge in [0.2, 0.25) is 0 Å². The van der Waals surface area contributed by atoms with Gasteiger partial charge in [-0.1, -0.05) is 6.07 Å². The number of fused-ring (bicyclic) bond motifs is 1. The van der Waals surface area contributed by atoms with E-state index in [4.69, 9.17) is 4.74 Å². The van der Waals surface area contributed by atoms with Gasteiger partial charge in [0.15, 0.2) is 0 Å². The second-order valence-corrected chi connectivity index (χ2v) is 4.60. The van der Waals surface area contributed by atoms with Gasteiger partial charge in [-0.15, -0.1) is 0 Å². The summed E-state index contributed by atoms with van der Waals surface area (Å²) < 4.78 is 5.34. The Morgan fingerprint density at radius 3 is 2.89 bits per heavy atom. The van der Waals surface area contributed by atoms with Crippen molar-refractivity contribution in [2.45, 2.75) is 18.9 Å². The maximum atomic E-state index is 9.58. The SMILES string of the molecule is Oc1ccc2ccnc(NC3CCOCC3)c2c1. The van der Waals surface area contributed by atoms with Crippen LogP contribution in [0.15, 0.2) is 30.5 Å². The van der Waals surface area contributed by atoms with Gasteiger partial charge in [-0.3, -0.25) is 0 Å². The third kappa shape index (κ3) is 2.24. The number of nitrogens with one attached hydrogen (secondary N) is 1. The second-order valence-electron chi connectivity index (χ2n) is 4.60. The summed E-state index contributed by atoms with van der Waals surface area (Å²) in [5.74, 6) is 1.11. The number of aromatic nitrogens is 1. The van der Waals surface area contributed by atoms with Crippen molar-refractivity contribution >= 4 is 16.6 Å². The lowest BCUT2D eigenvalue weighted by Crippen LogP contribution is -2.28. The van der Waals surface area contributed by atoms with Gasteiger partial charge in [0.25, 0.3) is 0 Å². The summed E-state index contributed by atoms with van der Waals surface area (Å²) in [6, 6.07) is 7.70. The van der Waals surface area contributed by atoms with Gasteiger partial charge in [0, 0.05) is 30.8 Å². The molecule has 1 aromatic carbocycles. The van der Waals surface area contributed by atoms with Crippen molar-refractivity contribution in [3.05, 3.63) is 30.5 Å². The number of anilines is 1. The van der Waals surface area contributed by atoms with E-state index in [1.165, 1.54) is 0 Å². The Morgan fingerprint density at radius 2 is 2.06 bits per heavy atom. The predicted molar refractivity (Wildman–Crippen MR) is 70.9 cm³/mol. The van der Waals surface area contributed by atoms with Crippen molar-refractivity contribution < 1.29 is 9.84 Å². The largest absolute Gasteiger partial charge is 0.508 e. The molecule has 0 atom stereocenters. The van der Waals surface area contributed by atoms with Crippen molar-refractivity contribution in [3.8, 4) is 5.75 Å². The molecule has 3 rings (SSSR count). The van der Waals surface area contributed by atoms with E-state index < -0.39 is 0 Å². The Kier molecular flexibility index (Phi) is 3.02. The number of pyridine rings is 1. The number of hydrogen-bond acceptors (Lipinski definition) is 4. The average Bonchev–Trinajstić information content (AvgIpc) is 2.41. The van der Waals surface area contributed by atoms with E-state index in [9.17, 15) is 5.11 Å².